The predicted molar refractivity (Wildman–Crippen MR) is 121 cm³/mol. The third-order valence-corrected chi connectivity index (χ3v) is 5.78. The van der Waals surface area contributed by atoms with Crippen molar-refractivity contribution in [2.75, 3.05) is 0 Å². The number of hydrogen-bond donors (Lipinski definition) is 0. The fraction of sp³-hybridized carbons (Fsp3) is 0.333. The van der Waals surface area contributed by atoms with Gasteiger partial charge in [0, 0.05) is 12.3 Å². The maximum Gasteiger partial charge on any atom is 0.191 e. The van der Waals surface area contributed by atoms with Gasteiger partial charge in [-0.3, -0.25) is 4.57 Å². The Bertz CT molecular complexity index is 961. The lowest BCUT2D eigenvalue weighted by atomic mass is 10.0. The largest absolute Gasteiger partial charge is 0.485 e. The lowest BCUT2D eigenvalue weighted by molar-refractivity contribution is 0.285. The molecule has 0 aliphatic heterocycles. The normalized spacial score (nSPS) is 11.1. The zero-order valence-corrected chi connectivity index (χ0v) is 18.5. The van der Waals surface area contributed by atoms with Crippen molar-refractivity contribution in [3.05, 3.63) is 83.2 Å². The van der Waals surface area contributed by atoms with Crippen molar-refractivity contribution in [2.24, 2.45) is 0 Å². The average molecular weight is 408 g/mol. The molecule has 0 amide bonds. The van der Waals surface area contributed by atoms with E-state index in [1.165, 1.54) is 22.3 Å². The first kappa shape index (κ1) is 21.2. The van der Waals surface area contributed by atoms with E-state index in [4.69, 9.17) is 4.74 Å². The molecule has 0 atom stereocenters. The molecule has 0 N–H and O–H groups in total. The summed E-state index contributed by atoms with van der Waals surface area (Å²) in [4.78, 5) is 0. The monoisotopic (exact) mass is 407 g/mol. The predicted octanol–water partition coefficient (Wildman–Crippen LogP) is 6.08. The van der Waals surface area contributed by atoms with E-state index in [2.05, 4.69) is 91.5 Å². The quantitative estimate of drug-likeness (QED) is 0.318. The van der Waals surface area contributed by atoms with Crippen LogP contribution in [0.15, 0.2) is 60.3 Å². The molecule has 3 aromatic rings. The van der Waals surface area contributed by atoms with Gasteiger partial charge in [0.15, 0.2) is 11.0 Å². The van der Waals surface area contributed by atoms with Crippen LogP contribution in [0, 0.1) is 13.8 Å². The van der Waals surface area contributed by atoms with Crippen LogP contribution < -0.4 is 4.74 Å². The van der Waals surface area contributed by atoms with Gasteiger partial charge >= 0.3 is 0 Å². The molecule has 0 spiro atoms. The number of hydrogen-bond acceptors (Lipinski definition) is 4. The molecule has 4 nitrogen and oxygen atoms in total. The third kappa shape index (κ3) is 5.51. The molecule has 0 fully saturated rings. The van der Waals surface area contributed by atoms with E-state index >= 15 is 0 Å². The third-order valence-electron chi connectivity index (χ3n) is 4.74. The van der Waals surface area contributed by atoms with Gasteiger partial charge in [-0.05, 0) is 42.5 Å². The molecule has 0 saturated carbocycles. The maximum atomic E-state index is 6.17. The zero-order chi connectivity index (χ0) is 20.8. The van der Waals surface area contributed by atoms with E-state index in [1.807, 2.05) is 6.08 Å². The molecule has 152 valence electrons. The number of benzene rings is 2. The zero-order valence-electron chi connectivity index (χ0n) is 17.7. The summed E-state index contributed by atoms with van der Waals surface area (Å²) in [5.41, 5.74) is 4.93. The first-order chi connectivity index (χ1) is 14.0. The average Bonchev–Trinajstić information content (AvgIpc) is 3.08. The minimum atomic E-state index is 0.384. The summed E-state index contributed by atoms with van der Waals surface area (Å²) in [7, 11) is 0. The lowest BCUT2D eigenvalue weighted by Gasteiger charge is -2.15. The fourth-order valence-electron chi connectivity index (χ4n) is 3.06. The van der Waals surface area contributed by atoms with Gasteiger partial charge in [0.25, 0.3) is 0 Å². The number of nitrogens with zero attached hydrogens (tertiary/aromatic N) is 3. The Hall–Kier alpha value is -2.53. The first-order valence-corrected chi connectivity index (χ1v) is 10.9. The maximum absolute atomic E-state index is 6.17. The van der Waals surface area contributed by atoms with Crippen molar-refractivity contribution in [3.63, 3.8) is 0 Å². The molecule has 0 aliphatic carbocycles. The summed E-state index contributed by atoms with van der Waals surface area (Å²) in [6, 6.07) is 15.0. The standard InChI is InChI=1S/C24H29N3OS/c1-6-13-27-23(15-28-22-14-19(5)9-12-21(22)17(2)3)25-26-24(27)29-16-20-10-7-18(4)8-11-20/h6-12,14,17H,1,13,15-16H2,2-5H3. The topological polar surface area (TPSA) is 39.9 Å². The number of thioether (sulfide) groups is 1. The Morgan fingerprint density at radius 1 is 1.07 bits per heavy atom. The fourth-order valence-corrected chi connectivity index (χ4v) is 3.99. The summed E-state index contributed by atoms with van der Waals surface area (Å²) in [5, 5.41) is 9.68. The highest BCUT2D eigenvalue weighted by molar-refractivity contribution is 7.98. The second kappa shape index (κ2) is 9.79. The van der Waals surface area contributed by atoms with Crippen LogP contribution in [0.25, 0.3) is 0 Å². The van der Waals surface area contributed by atoms with Crippen LogP contribution in [0.2, 0.25) is 0 Å². The van der Waals surface area contributed by atoms with Gasteiger partial charge in [0.1, 0.15) is 12.4 Å². The van der Waals surface area contributed by atoms with Crippen molar-refractivity contribution in [3.8, 4) is 5.75 Å². The van der Waals surface area contributed by atoms with Crippen molar-refractivity contribution in [1.29, 1.82) is 0 Å². The van der Waals surface area contributed by atoms with Gasteiger partial charge in [0.2, 0.25) is 0 Å². The minimum Gasteiger partial charge on any atom is -0.485 e. The molecule has 1 aromatic heterocycles. The van der Waals surface area contributed by atoms with E-state index in [1.54, 1.807) is 11.8 Å². The molecule has 1 heterocycles. The Morgan fingerprint density at radius 2 is 1.79 bits per heavy atom. The summed E-state index contributed by atoms with van der Waals surface area (Å²) in [6.45, 7) is 13.5. The molecular formula is C24H29N3OS. The van der Waals surface area contributed by atoms with Gasteiger partial charge < -0.3 is 4.74 Å². The summed E-state index contributed by atoms with van der Waals surface area (Å²) >= 11 is 1.68. The summed E-state index contributed by atoms with van der Waals surface area (Å²) in [5.74, 6) is 2.98. The van der Waals surface area contributed by atoms with Crippen LogP contribution in [0.1, 0.15) is 47.8 Å². The van der Waals surface area contributed by atoms with Crippen molar-refractivity contribution in [2.45, 2.75) is 57.7 Å². The van der Waals surface area contributed by atoms with E-state index in [0.29, 0.717) is 19.1 Å². The molecule has 29 heavy (non-hydrogen) atoms. The number of ether oxygens (including phenoxy) is 1. The van der Waals surface area contributed by atoms with E-state index in [0.717, 1.165) is 22.5 Å². The van der Waals surface area contributed by atoms with Crippen LogP contribution in [0.4, 0.5) is 0 Å². The smallest absolute Gasteiger partial charge is 0.191 e. The van der Waals surface area contributed by atoms with Crippen LogP contribution in [0.3, 0.4) is 0 Å². The molecule has 0 saturated heterocycles. The Morgan fingerprint density at radius 3 is 2.48 bits per heavy atom. The second-order valence-electron chi connectivity index (χ2n) is 7.56. The molecule has 2 aromatic carbocycles. The van der Waals surface area contributed by atoms with Crippen LogP contribution in [0.5, 0.6) is 5.75 Å². The van der Waals surface area contributed by atoms with E-state index < -0.39 is 0 Å². The second-order valence-corrected chi connectivity index (χ2v) is 8.50. The number of allylic oxidation sites excluding steroid dienone is 1. The van der Waals surface area contributed by atoms with Crippen molar-refractivity contribution >= 4 is 11.8 Å². The highest BCUT2D eigenvalue weighted by Gasteiger charge is 2.14. The van der Waals surface area contributed by atoms with Crippen molar-refractivity contribution in [1.82, 2.24) is 14.8 Å². The SMILES string of the molecule is C=CCn1c(COc2cc(C)ccc2C(C)C)nnc1SCc1ccc(C)cc1. The van der Waals surface area contributed by atoms with Crippen molar-refractivity contribution < 1.29 is 4.74 Å². The van der Waals surface area contributed by atoms with Gasteiger partial charge in [0.05, 0.1) is 0 Å². The van der Waals surface area contributed by atoms with Gasteiger partial charge in [-0.15, -0.1) is 16.8 Å². The molecule has 0 radical (unpaired) electrons. The van der Waals surface area contributed by atoms with Gasteiger partial charge in [-0.1, -0.05) is 73.6 Å². The first-order valence-electron chi connectivity index (χ1n) is 9.92. The molecular weight excluding hydrogens is 378 g/mol. The Balaban J connectivity index is 1.74. The summed E-state index contributed by atoms with van der Waals surface area (Å²) in [6.07, 6.45) is 1.87. The van der Waals surface area contributed by atoms with Crippen LogP contribution in [-0.2, 0) is 18.9 Å². The Labute approximate surface area is 178 Å². The summed E-state index contributed by atoms with van der Waals surface area (Å²) < 4.78 is 8.25. The van der Waals surface area contributed by atoms with E-state index in [9.17, 15) is 0 Å². The molecule has 0 unspecified atom stereocenters. The number of aromatic nitrogens is 3. The molecule has 3 rings (SSSR count). The number of aryl methyl sites for hydroxylation is 2. The lowest BCUT2D eigenvalue weighted by Crippen LogP contribution is -2.08. The van der Waals surface area contributed by atoms with Gasteiger partial charge in [-0.25, -0.2) is 0 Å². The van der Waals surface area contributed by atoms with E-state index in [-0.39, 0.29) is 0 Å². The molecule has 0 aliphatic rings. The van der Waals surface area contributed by atoms with Gasteiger partial charge in [-0.2, -0.15) is 0 Å². The molecule has 0 bridgehead atoms. The highest BCUT2D eigenvalue weighted by atomic mass is 32.2. The Kier molecular flexibility index (Phi) is 7.15. The van der Waals surface area contributed by atoms with Crippen LogP contribution in [-0.4, -0.2) is 14.8 Å². The minimum absolute atomic E-state index is 0.384. The highest BCUT2D eigenvalue weighted by Crippen LogP contribution is 2.29. The number of rotatable bonds is 9. The van der Waals surface area contributed by atoms with Crippen LogP contribution >= 0.6 is 11.8 Å². The molecule has 5 heteroatoms.